The second-order valence-corrected chi connectivity index (χ2v) is 20.0. The molecule has 4 heteroatoms. The molecule has 0 fully saturated rings. The molecule has 332 valence electrons. The van der Waals surface area contributed by atoms with Crippen molar-refractivity contribution >= 4 is 67.5 Å². The Morgan fingerprint density at radius 3 is 0.734 bits per heavy atom. The van der Waals surface area contributed by atoms with Gasteiger partial charge in [0.2, 0.25) is 0 Å². The second kappa shape index (κ2) is 22.6. The topological polar surface area (TPSA) is 18.5 Å². The van der Waals surface area contributed by atoms with Gasteiger partial charge in [0.05, 0.1) is 0 Å². The number of methoxy groups -OCH3 is 2. The number of unbranched alkanes of at least 4 members (excludes halogenated alkanes) is 4. The molecule has 0 N–H and O–H groups in total. The molecule has 1 aliphatic rings. The fourth-order valence-corrected chi connectivity index (χ4v) is 10.5. The number of hydrogen-bond acceptors (Lipinski definition) is 2. The predicted molar refractivity (Wildman–Crippen MR) is 290 cm³/mol. The minimum absolute atomic E-state index is 1.05. The van der Waals surface area contributed by atoms with Crippen molar-refractivity contribution in [3.8, 4) is 0 Å². The quantitative estimate of drug-likeness (QED) is 0.0710. The number of ether oxygens (including phenoxy) is 2. The molecule has 0 atom stereocenters. The van der Waals surface area contributed by atoms with Crippen molar-refractivity contribution in [2.45, 2.75) is 116 Å². The summed E-state index contributed by atoms with van der Waals surface area (Å²) in [6.45, 7) is 9.07. The van der Waals surface area contributed by atoms with Gasteiger partial charge in [-0.2, -0.15) is 0 Å². The Kier molecular flexibility index (Phi) is 17.0. The zero-order chi connectivity index (χ0) is 45.1. The highest BCUT2D eigenvalue weighted by atomic mass is 127. The van der Waals surface area contributed by atoms with Crippen LogP contribution in [0, 0.1) is 7.14 Å². The first-order chi connectivity index (χ1) is 31.3. The summed E-state index contributed by atoms with van der Waals surface area (Å²) >= 11 is 4.87. The first-order valence-electron chi connectivity index (χ1n) is 23.8. The molecule has 0 aromatic heterocycles. The molecule has 0 unspecified atom stereocenters. The van der Waals surface area contributed by atoms with Crippen molar-refractivity contribution in [3.63, 3.8) is 0 Å². The molecule has 0 amide bonds. The van der Waals surface area contributed by atoms with E-state index in [0.29, 0.717) is 0 Å². The van der Waals surface area contributed by atoms with E-state index in [1.165, 1.54) is 29.4 Å². The number of aryl methyl sites for hydroxylation is 4. The normalized spacial score (nSPS) is 17.6. The summed E-state index contributed by atoms with van der Waals surface area (Å²) < 4.78 is 17.4. The summed E-state index contributed by atoms with van der Waals surface area (Å²) in [7, 11) is 3.84. The van der Waals surface area contributed by atoms with Gasteiger partial charge in [0, 0.05) is 43.7 Å². The third-order valence-electron chi connectivity index (χ3n) is 13.3. The Morgan fingerprint density at radius 1 is 0.328 bits per heavy atom. The van der Waals surface area contributed by atoms with Crippen molar-refractivity contribution in [1.82, 2.24) is 0 Å². The van der Waals surface area contributed by atoms with Crippen LogP contribution in [0.2, 0.25) is 0 Å². The number of rotatable bonds is 20. The van der Waals surface area contributed by atoms with Crippen LogP contribution in [0.5, 0.6) is 0 Å². The lowest BCUT2D eigenvalue weighted by Gasteiger charge is -2.52. The van der Waals surface area contributed by atoms with Gasteiger partial charge in [-0.15, -0.1) is 0 Å². The SMILES string of the molecule is CCCCc1ccc(C2=C(c3ccc(CCCC)cc3)C(OC)(c3ccc(I)cc3)C(c3ccc(CCCC)cc3)=C(c3ccc(CCCC)cc3)C2(OC)c2ccc(I)cc2)cc1. The summed E-state index contributed by atoms with van der Waals surface area (Å²) in [6.07, 6.45) is 13.5. The van der Waals surface area contributed by atoms with Crippen LogP contribution >= 0.6 is 45.2 Å². The minimum Gasteiger partial charge on any atom is -0.364 e. The number of halogens is 2. The largest absolute Gasteiger partial charge is 0.364 e. The Bertz CT molecular complexity index is 2170. The molecule has 0 radical (unpaired) electrons. The third kappa shape index (κ3) is 9.96. The van der Waals surface area contributed by atoms with Crippen LogP contribution in [0.25, 0.3) is 22.3 Å². The maximum Gasteiger partial charge on any atom is 0.145 e. The van der Waals surface area contributed by atoms with Gasteiger partial charge in [0.1, 0.15) is 11.2 Å². The second-order valence-electron chi connectivity index (χ2n) is 17.5. The monoisotopic (exact) mass is 1070 g/mol. The van der Waals surface area contributed by atoms with Crippen LogP contribution in [0.3, 0.4) is 0 Å². The van der Waals surface area contributed by atoms with Crippen LogP contribution in [-0.2, 0) is 46.4 Å². The van der Waals surface area contributed by atoms with Crippen LogP contribution in [0.15, 0.2) is 146 Å². The lowest BCUT2D eigenvalue weighted by molar-refractivity contribution is 0.0683. The molecular formula is C60H66I2O2. The van der Waals surface area contributed by atoms with Gasteiger partial charge in [-0.05, 0) is 176 Å². The van der Waals surface area contributed by atoms with Gasteiger partial charge >= 0.3 is 0 Å². The maximum absolute atomic E-state index is 7.50. The predicted octanol–water partition coefficient (Wildman–Crippen LogP) is 16.9. The molecular weight excluding hydrogens is 1010 g/mol. The molecule has 0 heterocycles. The molecule has 0 aliphatic heterocycles. The zero-order valence-corrected chi connectivity index (χ0v) is 43.2. The Morgan fingerprint density at radius 2 is 0.547 bits per heavy atom. The lowest BCUT2D eigenvalue weighted by atomic mass is 9.58. The zero-order valence-electron chi connectivity index (χ0n) is 38.9. The van der Waals surface area contributed by atoms with E-state index >= 15 is 0 Å². The fourth-order valence-electron chi connectivity index (χ4n) is 9.81. The van der Waals surface area contributed by atoms with E-state index in [9.17, 15) is 0 Å². The molecule has 2 nitrogen and oxygen atoms in total. The molecule has 0 saturated heterocycles. The van der Waals surface area contributed by atoms with E-state index in [-0.39, 0.29) is 0 Å². The Hall–Kier alpha value is -3.82. The average molecular weight is 1070 g/mol. The molecule has 0 saturated carbocycles. The third-order valence-corrected chi connectivity index (χ3v) is 14.7. The molecule has 7 rings (SSSR count). The molecule has 0 spiro atoms. The van der Waals surface area contributed by atoms with Crippen molar-refractivity contribution in [1.29, 1.82) is 0 Å². The molecule has 64 heavy (non-hydrogen) atoms. The number of benzene rings is 6. The van der Waals surface area contributed by atoms with Crippen molar-refractivity contribution in [2.75, 3.05) is 14.2 Å². The molecule has 1 aliphatic carbocycles. The van der Waals surface area contributed by atoms with Gasteiger partial charge < -0.3 is 9.47 Å². The summed E-state index contributed by atoms with van der Waals surface area (Å²) in [5.74, 6) is 0. The van der Waals surface area contributed by atoms with Crippen LogP contribution in [0.4, 0.5) is 0 Å². The van der Waals surface area contributed by atoms with Gasteiger partial charge in [-0.3, -0.25) is 0 Å². The highest BCUT2D eigenvalue weighted by Gasteiger charge is 2.57. The smallest absolute Gasteiger partial charge is 0.145 e. The first-order valence-corrected chi connectivity index (χ1v) is 25.9. The van der Waals surface area contributed by atoms with E-state index in [1.54, 1.807) is 0 Å². The Balaban J connectivity index is 1.73. The Labute approximate surface area is 412 Å². The maximum atomic E-state index is 7.50. The van der Waals surface area contributed by atoms with E-state index in [2.05, 4.69) is 218 Å². The highest BCUT2D eigenvalue weighted by Crippen LogP contribution is 2.66. The standard InChI is InChI=1S/C60H66I2O2/c1-7-11-15-43-19-27-47(28-20-43)55-56(48-29-21-44(22-30-48)16-12-8-2)60(64-6,52-37-41-54(62)42-38-52)58(50-33-25-46(26-34-50)18-14-10-4)57(49-31-23-45(24-32-49)17-13-9-3)59(55,63-5)51-35-39-53(61)40-36-51/h19-42H,7-18H2,1-6H3. The summed E-state index contributed by atoms with van der Waals surface area (Å²) in [5.41, 5.74) is 14.2. The fraction of sp³-hybridized carbons (Fsp3) is 0.333. The van der Waals surface area contributed by atoms with E-state index in [0.717, 1.165) is 133 Å². The molecule has 6 aromatic carbocycles. The van der Waals surface area contributed by atoms with Crippen molar-refractivity contribution in [2.24, 2.45) is 0 Å². The van der Waals surface area contributed by atoms with Crippen LogP contribution in [-0.4, -0.2) is 14.2 Å². The van der Waals surface area contributed by atoms with Crippen molar-refractivity contribution in [3.05, 3.63) is 208 Å². The molecule has 6 aromatic rings. The first kappa shape index (κ1) is 48.1. The summed E-state index contributed by atoms with van der Waals surface area (Å²) in [4.78, 5) is 0. The highest BCUT2D eigenvalue weighted by molar-refractivity contribution is 14.1. The molecule has 0 bridgehead atoms. The van der Waals surface area contributed by atoms with Gasteiger partial charge in [-0.25, -0.2) is 0 Å². The van der Waals surface area contributed by atoms with Crippen LogP contribution < -0.4 is 0 Å². The average Bonchev–Trinajstić information content (AvgIpc) is 3.34. The van der Waals surface area contributed by atoms with Crippen LogP contribution in [0.1, 0.15) is 135 Å². The summed E-state index contributed by atoms with van der Waals surface area (Å²) in [5, 5.41) is 0. The lowest BCUT2D eigenvalue weighted by Crippen LogP contribution is -2.45. The van der Waals surface area contributed by atoms with Gasteiger partial charge in [-0.1, -0.05) is 175 Å². The van der Waals surface area contributed by atoms with E-state index in [1.807, 2.05) is 14.2 Å². The summed E-state index contributed by atoms with van der Waals surface area (Å²) in [6, 6.07) is 55.6. The number of hydrogen-bond donors (Lipinski definition) is 0. The minimum atomic E-state index is -1.09. The van der Waals surface area contributed by atoms with Gasteiger partial charge in [0.15, 0.2) is 0 Å². The van der Waals surface area contributed by atoms with Gasteiger partial charge in [0.25, 0.3) is 0 Å². The van der Waals surface area contributed by atoms with E-state index in [4.69, 9.17) is 9.47 Å². The van der Waals surface area contributed by atoms with Crippen molar-refractivity contribution < 1.29 is 9.47 Å². The van der Waals surface area contributed by atoms with E-state index < -0.39 is 11.2 Å².